The van der Waals surface area contributed by atoms with Crippen molar-refractivity contribution < 1.29 is 28.7 Å². The number of fused-ring (bicyclic) bond motifs is 3. The number of benzene rings is 3. The summed E-state index contributed by atoms with van der Waals surface area (Å²) in [4.78, 5) is 38.4. The number of para-hydroxylation sites is 1. The maximum atomic E-state index is 13.5. The van der Waals surface area contributed by atoms with Crippen LogP contribution in [0.5, 0.6) is 5.75 Å². The third-order valence-corrected chi connectivity index (χ3v) is 7.83. The Labute approximate surface area is 221 Å². The van der Waals surface area contributed by atoms with Crippen LogP contribution in [0.3, 0.4) is 0 Å². The molecule has 3 heterocycles. The number of nitrogens with one attached hydrogen (secondary N) is 1. The van der Waals surface area contributed by atoms with Gasteiger partial charge in [0.25, 0.3) is 5.91 Å². The van der Waals surface area contributed by atoms with E-state index in [-0.39, 0.29) is 41.6 Å². The average molecular weight is 515 g/mol. The van der Waals surface area contributed by atoms with E-state index in [9.17, 15) is 19.5 Å². The maximum Gasteiger partial charge on any atom is 0.333 e. The second-order valence-corrected chi connectivity index (χ2v) is 10.3. The van der Waals surface area contributed by atoms with Crippen LogP contribution >= 0.6 is 0 Å². The molecule has 2 atom stereocenters. The number of esters is 1. The molecule has 0 radical (unpaired) electrons. The minimum atomic E-state index is -0.785. The molecule has 3 saturated heterocycles. The third kappa shape index (κ3) is 5.40. The summed E-state index contributed by atoms with van der Waals surface area (Å²) in [6.07, 6.45) is 1.45. The van der Waals surface area contributed by atoms with Crippen molar-refractivity contribution in [1.82, 2.24) is 0 Å². The van der Waals surface area contributed by atoms with Gasteiger partial charge in [0.05, 0.1) is 18.7 Å². The fourth-order valence-corrected chi connectivity index (χ4v) is 5.72. The van der Waals surface area contributed by atoms with Crippen LogP contribution in [0, 0.1) is 5.92 Å². The Morgan fingerprint density at radius 3 is 2.29 bits per heavy atom. The summed E-state index contributed by atoms with van der Waals surface area (Å²) in [7, 11) is 0. The van der Waals surface area contributed by atoms with E-state index in [1.54, 1.807) is 0 Å². The number of rotatable bonds is 9. The quantitative estimate of drug-likeness (QED) is 0.228. The first kappa shape index (κ1) is 25.5. The fraction of sp³-hybridized carbons (Fsp3) is 0.300. The van der Waals surface area contributed by atoms with Crippen molar-refractivity contribution in [2.45, 2.75) is 25.0 Å². The number of Topliss-reactive ketones (excluding diaryl/α,β-unsaturated/α-hetero) is 1. The Balaban J connectivity index is 1.31. The summed E-state index contributed by atoms with van der Waals surface area (Å²) < 4.78 is 6.70. The van der Waals surface area contributed by atoms with Gasteiger partial charge in [-0.3, -0.25) is 9.59 Å². The normalized spacial score (nSPS) is 22.8. The van der Waals surface area contributed by atoms with Gasteiger partial charge in [0.1, 0.15) is 18.8 Å². The summed E-state index contributed by atoms with van der Waals surface area (Å²) in [6, 6.07) is 22.6. The van der Waals surface area contributed by atoms with Crippen LogP contribution in [0.15, 0.2) is 78.9 Å². The lowest BCUT2D eigenvalue weighted by Gasteiger charge is -2.51. The van der Waals surface area contributed by atoms with E-state index < -0.39 is 11.9 Å². The molecule has 8 heteroatoms. The lowest BCUT2D eigenvalue weighted by Crippen LogP contribution is -2.65. The Morgan fingerprint density at radius 2 is 1.63 bits per heavy atom. The van der Waals surface area contributed by atoms with Gasteiger partial charge in [-0.1, -0.05) is 48.5 Å². The maximum absolute atomic E-state index is 13.5. The average Bonchev–Trinajstić information content (AvgIpc) is 2.93. The SMILES string of the molecule is NC(=O)c1cc(C(=O)C[N+]23CCC(CC2)C(OC(=O)C(Nc2ccccc2)c2ccccc2)C3)ccc1O. The van der Waals surface area contributed by atoms with E-state index in [2.05, 4.69) is 5.32 Å². The van der Waals surface area contributed by atoms with Crippen molar-refractivity contribution in [3.05, 3.63) is 95.6 Å². The van der Waals surface area contributed by atoms with Crippen LogP contribution in [-0.2, 0) is 9.53 Å². The molecule has 3 fully saturated rings. The minimum absolute atomic E-state index is 0.0714. The number of nitrogens with zero attached hydrogens (tertiary/aromatic N) is 1. The number of hydrogen-bond acceptors (Lipinski definition) is 6. The number of anilines is 1. The molecule has 2 bridgehead atoms. The van der Waals surface area contributed by atoms with Gasteiger partial charge in [-0.05, 0) is 35.9 Å². The zero-order valence-electron chi connectivity index (χ0n) is 21.1. The van der Waals surface area contributed by atoms with E-state index in [4.69, 9.17) is 10.5 Å². The topological polar surface area (TPSA) is 119 Å². The number of nitrogens with two attached hydrogens (primary N) is 1. The molecule has 8 nitrogen and oxygen atoms in total. The lowest BCUT2D eigenvalue weighted by molar-refractivity contribution is -0.938. The number of carbonyl (C=O) groups is 3. The molecule has 196 valence electrons. The van der Waals surface area contributed by atoms with Gasteiger partial charge in [0, 0.05) is 30.0 Å². The molecule has 3 aliphatic heterocycles. The first-order valence-corrected chi connectivity index (χ1v) is 12.9. The van der Waals surface area contributed by atoms with E-state index in [0.717, 1.165) is 37.2 Å². The van der Waals surface area contributed by atoms with Crippen LogP contribution < -0.4 is 11.1 Å². The molecule has 0 aromatic heterocycles. The Kier molecular flexibility index (Phi) is 7.15. The zero-order valence-corrected chi connectivity index (χ0v) is 21.1. The zero-order chi connectivity index (χ0) is 26.7. The number of quaternary nitrogens is 1. The molecule has 0 spiro atoms. The number of phenols is 1. The highest BCUT2D eigenvalue weighted by atomic mass is 16.5. The van der Waals surface area contributed by atoms with Crippen molar-refractivity contribution in [3.63, 3.8) is 0 Å². The Hall–Kier alpha value is -4.17. The van der Waals surface area contributed by atoms with Gasteiger partial charge in [-0.25, -0.2) is 4.79 Å². The molecular weight excluding hydrogens is 482 g/mol. The van der Waals surface area contributed by atoms with E-state index in [1.165, 1.54) is 18.2 Å². The summed E-state index contributed by atoms with van der Waals surface area (Å²) in [5.41, 5.74) is 7.24. The van der Waals surface area contributed by atoms with Crippen LogP contribution in [-0.4, -0.2) is 59.5 Å². The van der Waals surface area contributed by atoms with Crippen molar-refractivity contribution in [3.8, 4) is 5.75 Å². The smallest absolute Gasteiger partial charge is 0.333 e. The fourth-order valence-electron chi connectivity index (χ4n) is 5.72. The third-order valence-electron chi connectivity index (χ3n) is 7.83. The molecule has 0 aliphatic carbocycles. The number of amides is 1. The Bertz CT molecular complexity index is 1320. The molecule has 0 saturated carbocycles. The molecule has 1 amide bonds. The number of piperidine rings is 3. The predicted octanol–water partition coefficient (Wildman–Crippen LogP) is 3.68. The monoisotopic (exact) mass is 514 g/mol. The van der Waals surface area contributed by atoms with Crippen molar-refractivity contribution >= 4 is 23.3 Å². The Morgan fingerprint density at radius 1 is 0.974 bits per heavy atom. The molecule has 3 aromatic carbocycles. The largest absolute Gasteiger partial charge is 0.507 e. The number of ether oxygens (including phenoxy) is 1. The summed E-state index contributed by atoms with van der Waals surface area (Å²) in [5, 5.41) is 13.2. The van der Waals surface area contributed by atoms with E-state index >= 15 is 0 Å². The number of hydrogen-bond donors (Lipinski definition) is 3. The molecule has 38 heavy (non-hydrogen) atoms. The van der Waals surface area contributed by atoms with Crippen molar-refractivity contribution in [1.29, 1.82) is 0 Å². The first-order chi connectivity index (χ1) is 18.3. The molecular formula is C30H32N3O5+. The van der Waals surface area contributed by atoms with Crippen LogP contribution in [0.1, 0.15) is 45.2 Å². The second kappa shape index (κ2) is 10.7. The highest BCUT2D eigenvalue weighted by molar-refractivity contribution is 6.02. The lowest BCUT2D eigenvalue weighted by atomic mass is 9.82. The van der Waals surface area contributed by atoms with Crippen molar-refractivity contribution in [2.24, 2.45) is 11.7 Å². The molecule has 3 aliphatic rings. The van der Waals surface area contributed by atoms with Crippen LogP contribution in [0.2, 0.25) is 0 Å². The summed E-state index contributed by atoms with van der Waals surface area (Å²) >= 11 is 0. The van der Waals surface area contributed by atoms with Gasteiger partial charge >= 0.3 is 5.97 Å². The standard InChI is InChI=1S/C30H31N3O5/c31-29(36)24-17-22(11-12-25(24)34)26(35)18-33-15-13-20(14-16-33)27(19-33)38-30(37)28(21-7-3-1-4-8-21)32-23-9-5-2-6-10-23/h1-12,17,20,27-28,32H,13-16,18-19H2,(H2-,31,34,35,36)/p+1. The van der Waals surface area contributed by atoms with Gasteiger partial charge in [0.15, 0.2) is 12.1 Å². The minimum Gasteiger partial charge on any atom is -0.507 e. The van der Waals surface area contributed by atoms with Crippen molar-refractivity contribution in [2.75, 3.05) is 31.5 Å². The highest BCUT2D eigenvalue weighted by Crippen LogP contribution is 2.37. The van der Waals surface area contributed by atoms with Crippen LogP contribution in [0.25, 0.3) is 0 Å². The molecule has 6 rings (SSSR count). The highest BCUT2D eigenvalue weighted by Gasteiger charge is 2.49. The van der Waals surface area contributed by atoms with Crippen LogP contribution in [0.4, 0.5) is 5.69 Å². The summed E-state index contributed by atoms with van der Waals surface area (Å²) in [5.74, 6) is -1.24. The molecule has 3 aromatic rings. The summed E-state index contributed by atoms with van der Waals surface area (Å²) in [6.45, 7) is 2.45. The molecule has 2 unspecified atom stereocenters. The van der Waals surface area contributed by atoms with Gasteiger partial charge < -0.3 is 25.4 Å². The second-order valence-electron chi connectivity index (χ2n) is 10.3. The first-order valence-electron chi connectivity index (χ1n) is 12.9. The predicted molar refractivity (Wildman–Crippen MR) is 143 cm³/mol. The number of carbonyl (C=O) groups excluding carboxylic acids is 3. The molecule has 4 N–H and O–H groups in total. The number of ketones is 1. The number of aromatic hydroxyl groups is 1. The van der Waals surface area contributed by atoms with E-state index in [0.29, 0.717) is 16.6 Å². The van der Waals surface area contributed by atoms with Gasteiger partial charge in [0.2, 0.25) is 5.78 Å². The van der Waals surface area contributed by atoms with Gasteiger partial charge in [-0.2, -0.15) is 0 Å². The number of primary amides is 1. The van der Waals surface area contributed by atoms with E-state index in [1.807, 2.05) is 60.7 Å². The van der Waals surface area contributed by atoms with Gasteiger partial charge in [-0.15, -0.1) is 0 Å².